The largest absolute Gasteiger partial charge is 0.493 e. The summed E-state index contributed by atoms with van der Waals surface area (Å²) in [5, 5.41) is 4.24. The molecule has 1 aliphatic rings. The molecule has 0 bridgehead atoms. The third-order valence-corrected chi connectivity index (χ3v) is 6.28. The van der Waals surface area contributed by atoms with Crippen molar-refractivity contribution in [2.24, 2.45) is 0 Å². The molecule has 0 aliphatic carbocycles. The minimum absolute atomic E-state index is 0.198. The number of nitrogens with zero attached hydrogens (tertiary/aromatic N) is 1. The van der Waals surface area contributed by atoms with Crippen molar-refractivity contribution in [3.63, 3.8) is 0 Å². The first-order valence-corrected chi connectivity index (χ1v) is 11.3. The number of nitrogens with one attached hydrogen (secondary N) is 2. The molecule has 2 aromatic rings. The van der Waals surface area contributed by atoms with Gasteiger partial charge in [0.15, 0.2) is 4.32 Å². The van der Waals surface area contributed by atoms with E-state index >= 15 is 0 Å². The van der Waals surface area contributed by atoms with Crippen LogP contribution in [0.4, 0.5) is 10.5 Å². The Labute approximate surface area is 201 Å². The SMILES string of the molecule is CCOc1ccc(Br)cc1/C=C1/SC(=S)N(NC(=O)Nc2ccc(Cl)c(Cl)c2)C1=O. The molecule has 1 fully saturated rings. The van der Waals surface area contributed by atoms with Gasteiger partial charge < -0.3 is 10.1 Å². The van der Waals surface area contributed by atoms with Crippen LogP contribution >= 0.6 is 63.1 Å². The molecule has 11 heteroatoms. The Morgan fingerprint density at radius 3 is 2.73 bits per heavy atom. The molecule has 156 valence electrons. The third-order valence-electron chi connectivity index (χ3n) is 3.74. The molecule has 0 spiro atoms. The quantitative estimate of drug-likeness (QED) is 0.350. The van der Waals surface area contributed by atoms with Crippen LogP contribution in [0.25, 0.3) is 6.08 Å². The lowest BCUT2D eigenvalue weighted by molar-refractivity contribution is -0.123. The first-order chi connectivity index (χ1) is 14.3. The van der Waals surface area contributed by atoms with Crippen molar-refractivity contribution in [2.75, 3.05) is 11.9 Å². The van der Waals surface area contributed by atoms with Gasteiger partial charge in [0.2, 0.25) is 0 Å². The summed E-state index contributed by atoms with van der Waals surface area (Å²) in [5.74, 6) is 0.188. The second kappa shape index (κ2) is 10.0. The lowest BCUT2D eigenvalue weighted by atomic mass is 10.2. The normalized spacial score (nSPS) is 14.9. The fourth-order valence-electron chi connectivity index (χ4n) is 2.46. The van der Waals surface area contributed by atoms with Gasteiger partial charge in [0.1, 0.15) is 5.75 Å². The van der Waals surface area contributed by atoms with E-state index in [2.05, 4.69) is 26.7 Å². The summed E-state index contributed by atoms with van der Waals surface area (Å²) < 4.78 is 6.65. The van der Waals surface area contributed by atoms with Crippen LogP contribution in [-0.2, 0) is 4.79 Å². The third kappa shape index (κ3) is 5.47. The van der Waals surface area contributed by atoms with Crippen molar-refractivity contribution >= 4 is 91.1 Å². The molecule has 0 saturated carbocycles. The standard InChI is InChI=1S/C19H14BrCl2N3O3S2/c1-2-28-15-6-3-11(20)7-10(15)8-16-17(26)25(19(29)30-16)24-18(27)23-12-4-5-13(21)14(22)9-12/h3-9H,2H2,1H3,(H2,23,24,27)/b16-8+. The van der Waals surface area contributed by atoms with Crippen molar-refractivity contribution in [2.45, 2.75) is 6.92 Å². The molecule has 1 aliphatic heterocycles. The van der Waals surface area contributed by atoms with Crippen molar-refractivity contribution in [3.05, 3.63) is 61.4 Å². The number of rotatable bonds is 5. The fourth-order valence-corrected chi connectivity index (χ4v) is 4.31. The molecule has 3 rings (SSSR count). The van der Waals surface area contributed by atoms with Crippen LogP contribution in [0, 0.1) is 0 Å². The van der Waals surface area contributed by atoms with Gasteiger partial charge >= 0.3 is 6.03 Å². The molecular weight excluding hydrogens is 533 g/mol. The number of ether oxygens (including phenoxy) is 1. The van der Waals surface area contributed by atoms with Gasteiger partial charge in [0.05, 0.1) is 21.6 Å². The summed E-state index contributed by atoms with van der Waals surface area (Å²) >= 11 is 21.5. The van der Waals surface area contributed by atoms with Gasteiger partial charge in [-0.05, 0) is 61.6 Å². The number of hydrogen-bond acceptors (Lipinski definition) is 5. The summed E-state index contributed by atoms with van der Waals surface area (Å²) in [4.78, 5) is 25.4. The number of thiocarbonyl (C=S) groups is 1. The Bertz CT molecular complexity index is 1070. The van der Waals surface area contributed by atoms with E-state index in [0.29, 0.717) is 38.6 Å². The van der Waals surface area contributed by atoms with E-state index in [9.17, 15) is 9.59 Å². The summed E-state index contributed by atoms with van der Waals surface area (Å²) in [7, 11) is 0. The average Bonchev–Trinajstić information content (AvgIpc) is 2.94. The highest BCUT2D eigenvalue weighted by Crippen LogP contribution is 2.34. The molecule has 0 radical (unpaired) electrons. The minimum Gasteiger partial charge on any atom is -0.493 e. The Morgan fingerprint density at radius 1 is 1.27 bits per heavy atom. The van der Waals surface area contributed by atoms with Crippen molar-refractivity contribution < 1.29 is 14.3 Å². The molecule has 30 heavy (non-hydrogen) atoms. The van der Waals surface area contributed by atoms with Crippen LogP contribution in [0.5, 0.6) is 5.75 Å². The highest BCUT2D eigenvalue weighted by Gasteiger charge is 2.34. The van der Waals surface area contributed by atoms with E-state index in [1.54, 1.807) is 18.2 Å². The molecule has 2 aromatic carbocycles. The fraction of sp³-hybridized carbons (Fsp3) is 0.105. The van der Waals surface area contributed by atoms with Crippen LogP contribution in [0.2, 0.25) is 10.0 Å². The van der Waals surface area contributed by atoms with E-state index in [4.69, 9.17) is 40.2 Å². The number of amides is 3. The topological polar surface area (TPSA) is 70.7 Å². The molecule has 0 aromatic heterocycles. The van der Waals surface area contributed by atoms with Gasteiger partial charge in [-0.15, -0.1) is 0 Å². The molecule has 1 saturated heterocycles. The van der Waals surface area contributed by atoms with Crippen LogP contribution in [0.15, 0.2) is 45.8 Å². The van der Waals surface area contributed by atoms with Crippen molar-refractivity contribution in [1.29, 1.82) is 0 Å². The second-order valence-corrected chi connectivity index (χ2v) is 9.23. The lowest BCUT2D eigenvalue weighted by Crippen LogP contribution is -2.46. The molecule has 6 nitrogen and oxygen atoms in total. The Kier molecular flexibility index (Phi) is 7.65. The maximum absolute atomic E-state index is 12.8. The zero-order valence-corrected chi connectivity index (χ0v) is 20.1. The molecule has 0 unspecified atom stereocenters. The van der Waals surface area contributed by atoms with Gasteiger partial charge in [-0.2, -0.15) is 5.01 Å². The number of urea groups is 1. The molecule has 0 atom stereocenters. The number of benzene rings is 2. The predicted molar refractivity (Wildman–Crippen MR) is 129 cm³/mol. The number of carbonyl (C=O) groups excluding carboxylic acids is 2. The molecular formula is C19H14BrCl2N3O3S2. The highest BCUT2D eigenvalue weighted by atomic mass is 79.9. The van der Waals surface area contributed by atoms with E-state index in [0.717, 1.165) is 21.2 Å². The monoisotopic (exact) mass is 545 g/mol. The Hall–Kier alpha value is -1.78. The number of carbonyl (C=O) groups is 2. The maximum Gasteiger partial charge on any atom is 0.338 e. The first-order valence-electron chi connectivity index (χ1n) is 8.51. The molecule has 2 N–H and O–H groups in total. The van der Waals surface area contributed by atoms with E-state index in [1.807, 2.05) is 25.1 Å². The molecule has 1 heterocycles. The first kappa shape index (κ1) is 22.9. The average molecular weight is 547 g/mol. The predicted octanol–water partition coefficient (Wildman–Crippen LogP) is 6.09. The highest BCUT2D eigenvalue weighted by molar-refractivity contribution is 9.10. The van der Waals surface area contributed by atoms with Gasteiger partial charge in [0, 0.05) is 15.7 Å². The summed E-state index contributed by atoms with van der Waals surface area (Å²) in [6.45, 7) is 2.36. The van der Waals surface area contributed by atoms with Crippen LogP contribution in [-0.4, -0.2) is 27.9 Å². The van der Waals surface area contributed by atoms with Crippen LogP contribution in [0.1, 0.15) is 12.5 Å². The number of hydrogen-bond donors (Lipinski definition) is 2. The Balaban J connectivity index is 1.74. The number of anilines is 1. The zero-order chi connectivity index (χ0) is 21.8. The summed E-state index contributed by atoms with van der Waals surface area (Å²) in [6.07, 6.45) is 1.67. The van der Waals surface area contributed by atoms with Crippen molar-refractivity contribution in [1.82, 2.24) is 10.4 Å². The van der Waals surface area contributed by atoms with Crippen LogP contribution in [0.3, 0.4) is 0 Å². The zero-order valence-electron chi connectivity index (χ0n) is 15.4. The van der Waals surface area contributed by atoms with Crippen molar-refractivity contribution in [3.8, 4) is 5.75 Å². The summed E-state index contributed by atoms with van der Waals surface area (Å²) in [5.41, 5.74) is 3.57. The number of thioether (sulfide) groups is 1. The second-order valence-electron chi connectivity index (χ2n) is 5.83. The lowest BCUT2D eigenvalue weighted by Gasteiger charge is -2.16. The summed E-state index contributed by atoms with van der Waals surface area (Å²) in [6, 6.07) is 9.48. The maximum atomic E-state index is 12.8. The number of hydrazine groups is 1. The minimum atomic E-state index is -0.650. The molecule has 3 amide bonds. The Morgan fingerprint density at radius 2 is 2.03 bits per heavy atom. The van der Waals surface area contributed by atoms with Gasteiger partial charge in [0.25, 0.3) is 5.91 Å². The van der Waals surface area contributed by atoms with Gasteiger partial charge in [-0.3, -0.25) is 4.79 Å². The van der Waals surface area contributed by atoms with E-state index in [-0.39, 0.29) is 4.32 Å². The number of halogens is 3. The van der Waals surface area contributed by atoms with E-state index in [1.165, 1.54) is 6.07 Å². The smallest absolute Gasteiger partial charge is 0.338 e. The van der Waals surface area contributed by atoms with Crippen LogP contribution < -0.4 is 15.5 Å². The van der Waals surface area contributed by atoms with Gasteiger partial charge in [-0.1, -0.05) is 50.9 Å². The van der Waals surface area contributed by atoms with Gasteiger partial charge in [-0.25, -0.2) is 10.2 Å². The van der Waals surface area contributed by atoms with E-state index < -0.39 is 11.9 Å².